The molecule has 0 saturated heterocycles. The van der Waals surface area contributed by atoms with Gasteiger partial charge >= 0.3 is 0 Å². The molecule has 0 aliphatic heterocycles. The molecule has 5 nitrogen and oxygen atoms in total. The number of nitrogens with zero attached hydrogens (tertiary/aromatic N) is 2. The number of aryl methyl sites for hydroxylation is 1. The van der Waals surface area contributed by atoms with Gasteiger partial charge in [-0.25, -0.2) is 4.98 Å². The van der Waals surface area contributed by atoms with Crippen molar-refractivity contribution >= 4 is 28.6 Å². The summed E-state index contributed by atoms with van der Waals surface area (Å²) < 4.78 is 1.66. The number of nitrogens with one attached hydrogen (secondary N) is 1. The molecule has 0 fully saturated rings. The summed E-state index contributed by atoms with van der Waals surface area (Å²) in [5.41, 5.74) is 3.76. The molecule has 0 unspecified atom stereocenters. The van der Waals surface area contributed by atoms with E-state index >= 15 is 0 Å². The number of hydrogen-bond donors (Lipinski definition) is 1. The van der Waals surface area contributed by atoms with Gasteiger partial charge in [0.15, 0.2) is 5.16 Å². The highest BCUT2D eigenvalue weighted by Crippen LogP contribution is 2.20. The van der Waals surface area contributed by atoms with Crippen molar-refractivity contribution in [3.8, 4) is 0 Å². The van der Waals surface area contributed by atoms with Gasteiger partial charge in [-0.15, -0.1) is 0 Å². The molecule has 1 aromatic heterocycles. The molecule has 4 aromatic rings. The number of aromatic nitrogens is 2. The number of benzene rings is 3. The molecule has 0 spiro atoms. The van der Waals surface area contributed by atoms with Crippen LogP contribution in [0.4, 0.5) is 0 Å². The highest BCUT2D eigenvalue weighted by atomic mass is 32.2. The fourth-order valence-electron chi connectivity index (χ4n) is 3.51. The van der Waals surface area contributed by atoms with Crippen molar-refractivity contribution in [3.63, 3.8) is 0 Å². The fourth-order valence-corrected chi connectivity index (χ4v) is 4.32. The maximum atomic E-state index is 13.2. The zero-order valence-corrected chi connectivity index (χ0v) is 18.9. The molecule has 0 aliphatic carbocycles. The molecule has 1 atom stereocenters. The molecule has 32 heavy (non-hydrogen) atoms. The third-order valence-electron chi connectivity index (χ3n) is 5.30. The van der Waals surface area contributed by atoms with Gasteiger partial charge in [-0.05, 0) is 37.1 Å². The zero-order chi connectivity index (χ0) is 22.5. The van der Waals surface area contributed by atoms with Crippen LogP contribution in [0.1, 0.15) is 29.7 Å². The standard InChI is InChI=1S/C26H25N3O2S/c1-18-12-14-20(15-13-18)16-29-25(31)22-10-6-7-11-23(22)28-26(29)32-17-24(30)27-19(2)21-8-4-3-5-9-21/h3-15,19H,16-17H2,1-2H3,(H,27,30)/t19-/m1/s1. The van der Waals surface area contributed by atoms with Crippen LogP contribution in [-0.2, 0) is 11.3 Å². The maximum Gasteiger partial charge on any atom is 0.262 e. The molecular formula is C26H25N3O2S. The lowest BCUT2D eigenvalue weighted by molar-refractivity contribution is -0.119. The van der Waals surface area contributed by atoms with Crippen molar-refractivity contribution in [2.45, 2.75) is 31.6 Å². The molecular weight excluding hydrogens is 418 g/mol. The first-order valence-electron chi connectivity index (χ1n) is 10.5. The minimum atomic E-state index is -0.101. The first kappa shape index (κ1) is 21.8. The second-order valence-corrected chi connectivity index (χ2v) is 8.72. The van der Waals surface area contributed by atoms with E-state index in [1.54, 1.807) is 10.6 Å². The lowest BCUT2D eigenvalue weighted by Gasteiger charge is -2.16. The van der Waals surface area contributed by atoms with Gasteiger partial charge < -0.3 is 5.32 Å². The molecule has 0 aliphatic rings. The van der Waals surface area contributed by atoms with Crippen LogP contribution in [0.15, 0.2) is 88.8 Å². The number of fused-ring (bicyclic) bond motifs is 1. The second-order valence-electron chi connectivity index (χ2n) is 7.78. The number of carbonyl (C=O) groups is 1. The summed E-state index contributed by atoms with van der Waals surface area (Å²) in [6, 6.07) is 25.1. The van der Waals surface area contributed by atoms with E-state index < -0.39 is 0 Å². The molecule has 1 N–H and O–H groups in total. The van der Waals surface area contributed by atoms with Gasteiger partial charge in [0.05, 0.1) is 29.2 Å². The number of carbonyl (C=O) groups excluding carboxylic acids is 1. The summed E-state index contributed by atoms with van der Waals surface area (Å²) in [5, 5.41) is 4.13. The van der Waals surface area contributed by atoms with Crippen LogP contribution in [-0.4, -0.2) is 21.2 Å². The average Bonchev–Trinajstić information content (AvgIpc) is 2.81. The summed E-state index contributed by atoms with van der Waals surface area (Å²) in [5.74, 6) is 0.0752. The van der Waals surface area contributed by atoms with Gasteiger partial charge in [-0.2, -0.15) is 0 Å². The zero-order valence-electron chi connectivity index (χ0n) is 18.1. The van der Waals surface area contributed by atoms with Crippen molar-refractivity contribution in [2.75, 3.05) is 5.75 Å². The SMILES string of the molecule is Cc1ccc(Cn2c(SCC(=O)N[C@H](C)c3ccccc3)nc3ccccc3c2=O)cc1. The van der Waals surface area contributed by atoms with Crippen molar-refractivity contribution in [1.82, 2.24) is 14.9 Å². The fraction of sp³-hybridized carbons (Fsp3) is 0.192. The van der Waals surface area contributed by atoms with Gasteiger partial charge in [0.1, 0.15) is 0 Å². The minimum Gasteiger partial charge on any atom is -0.349 e. The summed E-state index contributed by atoms with van der Waals surface area (Å²) in [6.07, 6.45) is 0. The minimum absolute atomic E-state index is 0.0939. The Bertz CT molecular complexity index is 1280. The van der Waals surface area contributed by atoms with E-state index in [0.717, 1.165) is 16.7 Å². The van der Waals surface area contributed by atoms with Crippen LogP contribution in [0.25, 0.3) is 10.9 Å². The van der Waals surface area contributed by atoms with E-state index in [1.807, 2.05) is 86.6 Å². The molecule has 1 heterocycles. The highest BCUT2D eigenvalue weighted by Gasteiger charge is 2.15. The Hall–Kier alpha value is -3.38. The number of hydrogen-bond acceptors (Lipinski definition) is 4. The second kappa shape index (κ2) is 9.83. The first-order chi connectivity index (χ1) is 15.5. The van der Waals surface area contributed by atoms with Gasteiger partial charge in [0.25, 0.3) is 5.56 Å². The monoisotopic (exact) mass is 443 g/mol. The summed E-state index contributed by atoms with van der Waals surface area (Å²) >= 11 is 1.28. The van der Waals surface area contributed by atoms with Gasteiger partial charge in [-0.1, -0.05) is 84.1 Å². The predicted molar refractivity (Wildman–Crippen MR) is 130 cm³/mol. The lowest BCUT2D eigenvalue weighted by Crippen LogP contribution is -2.29. The predicted octanol–water partition coefficient (Wildman–Crippen LogP) is 4.72. The molecule has 6 heteroatoms. The highest BCUT2D eigenvalue weighted by molar-refractivity contribution is 7.99. The van der Waals surface area contributed by atoms with E-state index in [9.17, 15) is 9.59 Å². The average molecular weight is 444 g/mol. The third kappa shape index (κ3) is 5.08. The third-order valence-corrected chi connectivity index (χ3v) is 6.27. The number of thioether (sulfide) groups is 1. The first-order valence-corrected chi connectivity index (χ1v) is 11.5. The molecule has 4 rings (SSSR count). The Morgan fingerprint density at radius 1 is 1.00 bits per heavy atom. The summed E-state index contributed by atoms with van der Waals surface area (Å²) in [6.45, 7) is 4.39. The van der Waals surface area contributed by atoms with Crippen LogP contribution < -0.4 is 10.9 Å². The lowest BCUT2D eigenvalue weighted by atomic mass is 10.1. The van der Waals surface area contributed by atoms with E-state index in [2.05, 4.69) is 5.32 Å². The van der Waals surface area contributed by atoms with Gasteiger partial charge in [-0.3, -0.25) is 14.2 Å². The van der Waals surface area contributed by atoms with Crippen molar-refractivity contribution in [3.05, 3.63) is 106 Å². The van der Waals surface area contributed by atoms with Crippen molar-refractivity contribution < 1.29 is 4.79 Å². The molecule has 1 amide bonds. The summed E-state index contributed by atoms with van der Waals surface area (Å²) in [4.78, 5) is 30.6. The van der Waals surface area contributed by atoms with Crippen LogP contribution >= 0.6 is 11.8 Å². The van der Waals surface area contributed by atoms with Crippen LogP contribution in [0.3, 0.4) is 0 Å². The Balaban J connectivity index is 1.57. The number of rotatable bonds is 7. The number of para-hydroxylation sites is 1. The smallest absolute Gasteiger partial charge is 0.262 e. The topological polar surface area (TPSA) is 64.0 Å². The van der Waals surface area contributed by atoms with Crippen LogP contribution in [0, 0.1) is 6.92 Å². The summed E-state index contributed by atoms with van der Waals surface area (Å²) in [7, 11) is 0. The molecule has 162 valence electrons. The quantitative estimate of drug-likeness (QED) is 0.332. The van der Waals surface area contributed by atoms with Crippen LogP contribution in [0.2, 0.25) is 0 Å². The van der Waals surface area contributed by atoms with Gasteiger partial charge in [0.2, 0.25) is 5.91 Å². The Morgan fingerprint density at radius 3 is 2.44 bits per heavy atom. The Labute approximate surface area is 191 Å². The maximum absolute atomic E-state index is 13.2. The van der Waals surface area contributed by atoms with E-state index in [0.29, 0.717) is 22.6 Å². The van der Waals surface area contributed by atoms with Crippen molar-refractivity contribution in [2.24, 2.45) is 0 Å². The van der Waals surface area contributed by atoms with E-state index in [4.69, 9.17) is 4.98 Å². The molecule has 0 saturated carbocycles. The molecule has 0 bridgehead atoms. The molecule has 0 radical (unpaired) electrons. The van der Waals surface area contributed by atoms with E-state index in [1.165, 1.54) is 11.8 Å². The largest absolute Gasteiger partial charge is 0.349 e. The normalized spacial score (nSPS) is 11.9. The van der Waals surface area contributed by atoms with Gasteiger partial charge in [0, 0.05) is 0 Å². The number of amides is 1. The van der Waals surface area contributed by atoms with E-state index in [-0.39, 0.29) is 23.3 Å². The van der Waals surface area contributed by atoms with Crippen molar-refractivity contribution in [1.29, 1.82) is 0 Å². The molecule has 3 aromatic carbocycles. The van der Waals surface area contributed by atoms with Crippen LogP contribution in [0.5, 0.6) is 0 Å². The Kier molecular flexibility index (Phi) is 6.71. The Morgan fingerprint density at radius 2 is 1.69 bits per heavy atom.